The van der Waals surface area contributed by atoms with Crippen LogP contribution in [0.3, 0.4) is 0 Å². The number of imidazole rings is 1. The fraction of sp³-hybridized carbons (Fsp3) is 0.370. The molecule has 8 nitrogen and oxygen atoms in total. The zero-order valence-electron chi connectivity index (χ0n) is 20.5. The lowest BCUT2D eigenvalue weighted by atomic mass is 10.2. The smallest absolute Gasteiger partial charge is 0.318 e. The Balaban J connectivity index is 1.59. The van der Waals surface area contributed by atoms with Crippen LogP contribution in [0.2, 0.25) is 0 Å². The quantitative estimate of drug-likeness (QED) is 0.445. The van der Waals surface area contributed by atoms with Crippen molar-refractivity contribution in [3.05, 3.63) is 60.8 Å². The van der Waals surface area contributed by atoms with E-state index in [0.29, 0.717) is 25.0 Å². The number of urea groups is 1. The lowest BCUT2D eigenvalue weighted by molar-refractivity contribution is -0.116. The molecule has 0 spiro atoms. The van der Waals surface area contributed by atoms with Gasteiger partial charge in [-0.25, -0.2) is 9.78 Å². The maximum atomic E-state index is 13.1. The first kappa shape index (κ1) is 24.3. The average Bonchev–Trinajstić information content (AvgIpc) is 3.56. The number of carbonyl (C=O) groups excluding carboxylic acids is 2. The van der Waals surface area contributed by atoms with E-state index in [-0.39, 0.29) is 24.5 Å². The van der Waals surface area contributed by atoms with Gasteiger partial charge in [-0.15, -0.1) is 0 Å². The molecule has 8 heteroatoms. The van der Waals surface area contributed by atoms with Crippen LogP contribution < -0.4 is 15.4 Å². The Kier molecular flexibility index (Phi) is 7.70. The second-order valence-corrected chi connectivity index (χ2v) is 9.09. The fourth-order valence-electron chi connectivity index (χ4n) is 3.81. The molecule has 3 aromatic rings. The molecule has 4 rings (SSSR count). The second kappa shape index (κ2) is 11.1. The van der Waals surface area contributed by atoms with E-state index >= 15 is 0 Å². The number of carbonyl (C=O) groups is 2. The second-order valence-electron chi connectivity index (χ2n) is 9.09. The van der Waals surface area contributed by atoms with Gasteiger partial charge in [0.1, 0.15) is 12.3 Å². The van der Waals surface area contributed by atoms with Gasteiger partial charge in [-0.05, 0) is 51.7 Å². The largest absolute Gasteiger partial charge is 0.494 e. The Morgan fingerprint density at radius 2 is 1.91 bits per heavy atom. The van der Waals surface area contributed by atoms with Crippen LogP contribution in [0, 0.1) is 5.92 Å². The summed E-state index contributed by atoms with van der Waals surface area (Å²) in [5, 5.41) is 5.83. The van der Waals surface area contributed by atoms with Crippen LogP contribution in [0.1, 0.15) is 33.6 Å². The molecule has 1 aromatic heterocycles. The number of nitrogens with one attached hydrogen (secondary N) is 2. The van der Waals surface area contributed by atoms with Crippen molar-refractivity contribution in [3.8, 4) is 22.7 Å². The molecule has 1 heterocycles. The Labute approximate surface area is 206 Å². The summed E-state index contributed by atoms with van der Waals surface area (Å²) in [6, 6.07) is 17.2. The summed E-state index contributed by atoms with van der Waals surface area (Å²) in [6.45, 7) is 6.85. The fourth-order valence-corrected chi connectivity index (χ4v) is 3.81. The first-order valence-electron chi connectivity index (χ1n) is 12.2. The molecule has 0 radical (unpaired) electrons. The van der Waals surface area contributed by atoms with Gasteiger partial charge in [0.25, 0.3) is 0 Å². The zero-order valence-corrected chi connectivity index (χ0v) is 20.5. The van der Waals surface area contributed by atoms with Gasteiger partial charge in [0.2, 0.25) is 11.9 Å². The van der Waals surface area contributed by atoms with Crippen molar-refractivity contribution in [3.63, 3.8) is 0 Å². The molecule has 0 unspecified atom stereocenters. The topological polar surface area (TPSA) is 88.5 Å². The minimum atomic E-state index is -0.294. The van der Waals surface area contributed by atoms with E-state index in [1.807, 2.05) is 86.1 Å². The summed E-state index contributed by atoms with van der Waals surface area (Å²) in [5.74, 6) is 1.29. The normalized spacial score (nSPS) is 12.9. The van der Waals surface area contributed by atoms with E-state index in [1.165, 1.54) is 0 Å². The van der Waals surface area contributed by atoms with Gasteiger partial charge in [0.15, 0.2) is 0 Å². The number of nitrogens with zero attached hydrogens (tertiary/aromatic N) is 3. The highest BCUT2D eigenvalue weighted by Gasteiger charge is 2.28. The summed E-state index contributed by atoms with van der Waals surface area (Å²) in [6.07, 6.45) is 4.08. The summed E-state index contributed by atoms with van der Waals surface area (Å²) in [4.78, 5) is 32.1. The van der Waals surface area contributed by atoms with Crippen molar-refractivity contribution >= 4 is 17.9 Å². The van der Waals surface area contributed by atoms with E-state index in [9.17, 15) is 9.59 Å². The van der Waals surface area contributed by atoms with Crippen molar-refractivity contribution in [1.82, 2.24) is 19.8 Å². The summed E-state index contributed by atoms with van der Waals surface area (Å²) in [7, 11) is 0. The third-order valence-corrected chi connectivity index (χ3v) is 5.64. The predicted molar refractivity (Wildman–Crippen MR) is 137 cm³/mol. The van der Waals surface area contributed by atoms with E-state index in [2.05, 4.69) is 10.6 Å². The van der Waals surface area contributed by atoms with E-state index in [1.54, 1.807) is 4.90 Å². The number of anilines is 1. The Morgan fingerprint density at radius 3 is 2.60 bits per heavy atom. The molecule has 0 atom stereocenters. The number of hydrogen-bond acceptors (Lipinski definition) is 4. The van der Waals surface area contributed by atoms with Crippen LogP contribution >= 0.6 is 0 Å². The molecule has 3 amide bonds. The summed E-state index contributed by atoms with van der Waals surface area (Å²) in [5.41, 5.74) is 2.48. The number of aromatic nitrogens is 2. The monoisotopic (exact) mass is 475 g/mol. The minimum Gasteiger partial charge on any atom is -0.494 e. The first-order valence-corrected chi connectivity index (χ1v) is 12.2. The van der Waals surface area contributed by atoms with Gasteiger partial charge in [-0.3, -0.25) is 14.7 Å². The molecule has 0 saturated heterocycles. The molecular weight excluding hydrogens is 442 g/mol. The average molecular weight is 476 g/mol. The predicted octanol–water partition coefficient (Wildman–Crippen LogP) is 4.71. The number of amides is 3. The van der Waals surface area contributed by atoms with Gasteiger partial charge in [-0.1, -0.05) is 36.4 Å². The standard InChI is InChI=1S/C27H33N5O3/c1-4-35-23-12-8-11-22(15-23)32-17-24(21-9-6-5-7-10-21)29-26(32)30-25(33)18-31(16-20-13-14-20)27(34)28-19(2)3/h5-12,15,17,19-20H,4,13-14,16,18H2,1-3H3,(H,28,34)(H,29,30,33). The van der Waals surface area contributed by atoms with Gasteiger partial charge in [0, 0.05) is 30.4 Å². The minimum absolute atomic E-state index is 0.00258. The summed E-state index contributed by atoms with van der Waals surface area (Å²) < 4.78 is 7.50. The molecule has 1 saturated carbocycles. The van der Waals surface area contributed by atoms with Gasteiger partial charge in [-0.2, -0.15) is 0 Å². The SMILES string of the molecule is CCOc1cccc(-n2cc(-c3ccccc3)nc2NC(=O)CN(CC2CC2)C(=O)NC(C)C)c1. The zero-order chi connectivity index (χ0) is 24.8. The highest BCUT2D eigenvalue weighted by molar-refractivity contribution is 5.93. The third-order valence-electron chi connectivity index (χ3n) is 5.64. The molecule has 1 aliphatic carbocycles. The van der Waals surface area contributed by atoms with Crippen molar-refractivity contribution in [2.45, 2.75) is 39.7 Å². The highest BCUT2D eigenvalue weighted by atomic mass is 16.5. The number of benzene rings is 2. The Hall–Kier alpha value is -3.81. The molecular formula is C27H33N5O3. The molecule has 2 N–H and O–H groups in total. The van der Waals surface area contributed by atoms with Crippen molar-refractivity contribution in [1.29, 1.82) is 0 Å². The molecule has 184 valence electrons. The number of hydrogen-bond donors (Lipinski definition) is 2. The van der Waals surface area contributed by atoms with Crippen LogP contribution in [-0.2, 0) is 4.79 Å². The van der Waals surface area contributed by atoms with Crippen LogP contribution in [0.4, 0.5) is 10.7 Å². The lowest BCUT2D eigenvalue weighted by Gasteiger charge is -2.23. The molecule has 0 aliphatic heterocycles. The van der Waals surface area contributed by atoms with Crippen LogP contribution in [0.25, 0.3) is 16.9 Å². The molecule has 35 heavy (non-hydrogen) atoms. The summed E-state index contributed by atoms with van der Waals surface area (Å²) >= 11 is 0. The third kappa shape index (κ3) is 6.62. The van der Waals surface area contributed by atoms with Gasteiger partial charge in [0.05, 0.1) is 18.0 Å². The highest BCUT2D eigenvalue weighted by Crippen LogP contribution is 2.30. The van der Waals surface area contributed by atoms with Crippen LogP contribution in [0.5, 0.6) is 5.75 Å². The maximum Gasteiger partial charge on any atom is 0.318 e. The molecule has 1 fully saturated rings. The molecule has 0 bridgehead atoms. The molecule has 2 aromatic carbocycles. The van der Waals surface area contributed by atoms with Gasteiger partial charge < -0.3 is 15.0 Å². The number of ether oxygens (including phenoxy) is 1. The first-order chi connectivity index (χ1) is 16.9. The van der Waals surface area contributed by atoms with Crippen LogP contribution in [0.15, 0.2) is 60.8 Å². The van der Waals surface area contributed by atoms with E-state index in [0.717, 1.165) is 35.5 Å². The van der Waals surface area contributed by atoms with E-state index in [4.69, 9.17) is 9.72 Å². The number of rotatable bonds is 10. The molecule has 1 aliphatic rings. The Morgan fingerprint density at radius 1 is 1.14 bits per heavy atom. The van der Waals surface area contributed by atoms with Crippen molar-refractivity contribution in [2.24, 2.45) is 5.92 Å². The Bertz CT molecular complexity index is 1150. The lowest BCUT2D eigenvalue weighted by Crippen LogP contribution is -2.47. The maximum absolute atomic E-state index is 13.1. The van der Waals surface area contributed by atoms with Gasteiger partial charge >= 0.3 is 6.03 Å². The van der Waals surface area contributed by atoms with Crippen LogP contribution in [-0.4, -0.2) is 52.1 Å². The van der Waals surface area contributed by atoms with E-state index < -0.39 is 0 Å². The van der Waals surface area contributed by atoms with Crippen molar-refractivity contribution in [2.75, 3.05) is 25.0 Å². The van der Waals surface area contributed by atoms with Crippen molar-refractivity contribution < 1.29 is 14.3 Å².